The third kappa shape index (κ3) is 3.39. The van der Waals surface area contributed by atoms with Gasteiger partial charge >= 0.3 is 7.48 Å². The number of carbonyl (C=O) groups is 1. The minimum absolute atomic E-state index is 0.494. The molecule has 1 radical (unpaired) electrons. The van der Waals surface area contributed by atoms with Gasteiger partial charge in [0.1, 0.15) is 11.5 Å². The van der Waals surface area contributed by atoms with Crippen LogP contribution in [0.15, 0.2) is 54.6 Å². The lowest BCUT2D eigenvalue weighted by molar-refractivity contribution is -0.119. The standard InChI is InChI=1S/C15H14BO4/c1-19-12-8-5-9-13(10-12)20-14(15(17)16-18)11-6-3-2-4-7-11/h2-10,14,18H,1H3. The number of carbonyl (C=O) groups excluding carboxylic acids is 1. The maximum Gasteiger partial charge on any atom is 0.379 e. The fraction of sp³-hybridized carbons (Fsp3) is 0.133. The Kier molecular flexibility index (Phi) is 4.79. The van der Waals surface area contributed by atoms with E-state index in [1.807, 2.05) is 18.2 Å². The molecule has 5 heteroatoms. The number of rotatable bonds is 6. The van der Waals surface area contributed by atoms with Crippen LogP contribution in [0.25, 0.3) is 0 Å². The fourth-order valence-electron chi connectivity index (χ4n) is 1.80. The van der Waals surface area contributed by atoms with Gasteiger partial charge in [-0.1, -0.05) is 36.4 Å². The summed E-state index contributed by atoms with van der Waals surface area (Å²) in [5.74, 6) is 1.13. The number of methoxy groups -OCH3 is 1. The van der Waals surface area contributed by atoms with Crippen molar-refractivity contribution in [1.82, 2.24) is 0 Å². The molecule has 0 aliphatic rings. The average molecular weight is 269 g/mol. The third-order valence-electron chi connectivity index (χ3n) is 2.78. The van der Waals surface area contributed by atoms with Gasteiger partial charge in [0.05, 0.1) is 7.11 Å². The van der Waals surface area contributed by atoms with E-state index in [-0.39, 0.29) is 0 Å². The molecule has 0 aromatic heterocycles. The van der Waals surface area contributed by atoms with Crippen molar-refractivity contribution in [3.05, 3.63) is 60.2 Å². The Morgan fingerprint density at radius 3 is 2.45 bits per heavy atom. The first kappa shape index (κ1) is 14.2. The summed E-state index contributed by atoms with van der Waals surface area (Å²) < 4.78 is 10.8. The van der Waals surface area contributed by atoms with Gasteiger partial charge in [0.15, 0.2) is 11.8 Å². The Balaban J connectivity index is 2.26. The van der Waals surface area contributed by atoms with Crippen LogP contribution in [0.3, 0.4) is 0 Å². The van der Waals surface area contributed by atoms with E-state index in [4.69, 9.17) is 14.5 Å². The quantitative estimate of drug-likeness (QED) is 0.814. The zero-order chi connectivity index (χ0) is 14.4. The normalized spacial score (nSPS) is 11.5. The van der Waals surface area contributed by atoms with Crippen LogP contribution < -0.4 is 9.47 Å². The van der Waals surface area contributed by atoms with E-state index in [2.05, 4.69) is 0 Å². The van der Waals surface area contributed by atoms with Gasteiger partial charge in [-0.3, -0.25) is 0 Å². The second kappa shape index (κ2) is 6.77. The summed E-state index contributed by atoms with van der Waals surface area (Å²) in [5, 5.41) is 8.97. The molecule has 2 rings (SSSR count). The monoisotopic (exact) mass is 269 g/mol. The van der Waals surface area contributed by atoms with Crippen molar-refractivity contribution >= 4 is 13.2 Å². The fourth-order valence-corrected chi connectivity index (χ4v) is 1.80. The molecule has 1 unspecified atom stereocenters. The van der Waals surface area contributed by atoms with E-state index >= 15 is 0 Å². The van der Waals surface area contributed by atoms with Crippen LogP contribution in [0.2, 0.25) is 0 Å². The topological polar surface area (TPSA) is 55.8 Å². The third-order valence-corrected chi connectivity index (χ3v) is 2.78. The highest BCUT2D eigenvalue weighted by Gasteiger charge is 2.22. The zero-order valence-electron chi connectivity index (χ0n) is 11.0. The minimum Gasteiger partial charge on any atom is -0.497 e. The Labute approximate surface area is 118 Å². The number of benzene rings is 2. The highest BCUT2D eigenvalue weighted by molar-refractivity contribution is 6.68. The van der Waals surface area contributed by atoms with E-state index in [0.717, 1.165) is 0 Å². The summed E-state index contributed by atoms with van der Waals surface area (Å²) in [7, 11) is 2.08. The van der Waals surface area contributed by atoms with Crippen molar-refractivity contribution in [3.63, 3.8) is 0 Å². The lowest BCUT2D eigenvalue weighted by atomic mass is 9.86. The average Bonchev–Trinajstić information content (AvgIpc) is 2.53. The van der Waals surface area contributed by atoms with Crippen LogP contribution in [0, 0.1) is 0 Å². The van der Waals surface area contributed by atoms with Gasteiger partial charge in [-0.2, -0.15) is 0 Å². The number of ether oxygens (including phenoxy) is 2. The van der Waals surface area contributed by atoms with Crippen molar-refractivity contribution in [1.29, 1.82) is 0 Å². The molecule has 1 N–H and O–H groups in total. The van der Waals surface area contributed by atoms with Gasteiger partial charge in [-0.25, -0.2) is 0 Å². The highest BCUT2D eigenvalue weighted by atomic mass is 16.5. The van der Waals surface area contributed by atoms with E-state index in [9.17, 15) is 4.79 Å². The molecule has 0 saturated heterocycles. The van der Waals surface area contributed by atoms with Crippen LogP contribution in [-0.4, -0.2) is 25.3 Å². The van der Waals surface area contributed by atoms with E-state index in [1.165, 1.54) is 0 Å². The Hall–Kier alpha value is -2.27. The lowest BCUT2D eigenvalue weighted by Gasteiger charge is -2.17. The summed E-state index contributed by atoms with van der Waals surface area (Å²) in [6, 6.07) is 16.0. The molecule has 0 aliphatic heterocycles. The highest BCUT2D eigenvalue weighted by Crippen LogP contribution is 2.25. The van der Waals surface area contributed by atoms with Crippen molar-refractivity contribution in [3.8, 4) is 11.5 Å². The Morgan fingerprint density at radius 1 is 1.10 bits per heavy atom. The molecule has 0 bridgehead atoms. The van der Waals surface area contributed by atoms with Gasteiger partial charge in [-0.05, 0) is 17.7 Å². The summed E-state index contributed by atoms with van der Waals surface area (Å²) in [4.78, 5) is 11.8. The molecule has 0 spiro atoms. The van der Waals surface area contributed by atoms with E-state index in [1.54, 1.807) is 43.5 Å². The molecule has 0 heterocycles. The molecule has 0 fully saturated rings. The molecule has 0 aliphatic carbocycles. The molecule has 0 saturated carbocycles. The van der Waals surface area contributed by atoms with Crippen molar-refractivity contribution in [2.24, 2.45) is 0 Å². The van der Waals surface area contributed by atoms with Crippen LogP contribution in [0.5, 0.6) is 11.5 Å². The maximum absolute atomic E-state index is 11.8. The van der Waals surface area contributed by atoms with Crippen molar-refractivity contribution in [2.75, 3.05) is 7.11 Å². The van der Waals surface area contributed by atoms with Crippen molar-refractivity contribution < 1.29 is 19.3 Å². The molecular formula is C15H14BO4. The first-order valence-corrected chi connectivity index (χ1v) is 6.11. The van der Waals surface area contributed by atoms with Crippen LogP contribution in [0.1, 0.15) is 11.7 Å². The molecular weight excluding hydrogens is 255 g/mol. The molecule has 0 amide bonds. The maximum atomic E-state index is 11.8. The smallest absolute Gasteiger partial charge is 0.379 e. The van der Waals surface area contributed by atoms with Gasteiger partial charge in [-0.15, -0.1) is 0 Å². The molecule has 2 aromatic carbocycles. The van der Waals surface area contributed by atoms with Crippen LogP contribution in [0.4, 0.5) is 0 Å². The molecule has 1 atom stereocenters. The second-order valence-corrected chi connectivity index (χ2v) is 4.12. The largest absolute Gasteiger partial charge is 0.497 e. The van der Waals surface area contributed by atoms with Crippen LogP contribution >= 0.6 is 0 Å². The number of hydrogen-bond acceptors (Lipinski definition) is 4. The van der Waals surface area contributed by atoms with E-state index < -0.39 is 11.8 Å². The zero-order valence-corrected chi connectivity index (χ0v) is 11.0. The molecule has 2 aromatic rings. The number of hydrogen-bond donors (Lipinski definition) is 1. The first-order valence-electron chi connectivity index (χ1n) is 6.11. The molecule has 101 valence electrons. The molecule has 4 nitrogen and oxygen atoms in total. The van der Waals surface area contributed by atoms with E-state index in [0.29, 0.717) is 24.5 Å². The Bertz CT molecular complexity index is 571. The van der Waals surface area contributed by atoms with Crippen LogP contribution in [-0.2, 0) is 4.79 Å². The van der Waals surface area contributed by atoms with Gasteiger partial charge in [0.2, 0.25) is 0 Å². The molecule has 20 heavy (non-hydrogen) atoms. The summed E-state index contributed by atoms with van der Waals surface area (Å²) in [6.45, 7) is 0. The predicted molar refractivity (Wildman–Crippen MR) is 75.8 cm³/mol. The Morgan fingerprint density at radius 2 is 1.80 bits per heavy atom. The first-order chi connectivity index (χ1) is 9.74. The van der Waals surface area contributed by atoms with Gasteiger partial charge in [0.25, 0.3) is 0 Å². The van der Waals surface area contributed by atoms with Gasteiger partial charge < -0.3 is 19.3 Å². The minimum atomic E-state index is -0.881. The van der Waals surface area contributed by atoms with Crippen molar-refractivity contribution in [2.45, 2.75) is 6.10 Å². The lowest BCUT2D eigenvalue weighted by Crippen LogP contribution is -2.24. The predicted octanol–water partition coefficient (Wildman–Crippen LogP) is 1.95. The second-order valence-electron chi connectivity index (χ2n) is 4.12. The van der Waals surface area contributed by atoms with Gasteiger partial charge in [0, 0.05) is 6.07 Å². The summed E-state index contributed by atoms with van der Waals surface area (Å²) >= 11 is 0. The summed E-state index contributed by atoms with van der Waals surface area (Å²) in [6.07, 6.45) is -0.881. The SMILES string of the molecule is COc1cccc(OC(C(=O)[B]O)c2ccccc2)c1. The summed E-state index contributed by atoms with van der Waals surface area (Å²) in [5.41, 5.74) is 0.157.